The van der Waals surface area contributed by atoms with E-state index in [0.717, 1.165) is 25.3 Å². The zero-order valence-corrected chi connectivity index (χ0v) is 16.4. The highest BCUT2D eigenvalue weighted by molar-refractivity contribution is 7.92. The van der Waals surface area contributed by atoms with E-state index in [2.05, 4.69) is 21.9 Å². The van der Waals surface area contributed by atoms with Crippen LogP contribution < -0.4 is 14.9 Å². The number of nitrogens with one attached hydrogen (secondary N) is 2. The molecule has 2 aromatic rings. The van der Waals surface area contributed by atoms with Gasteiger partial charge in [-0.3, -0.25) is 9.52 Å². The molecular formula is C20H25N3O3S. The van der Waals surface area contributed by atoms with Gasteiger partial charge < -0.3 is 10.2 Å². The maximum absolute atomic E-state index is 12.5. The Labute approximate surface area is 160 Å². The Balaban J connectivity index is 1.65. The van der Waals surface area contributed by atoms with Crippen molar-refractivity contribution in [1.82, 2.24) is 0 Å². The second kappa shape index (κ2) is 8.00. The average molecular weight is 388 g/mol. The molecule has 0 atom stereocenters. The van der Waals surface area contributed by atoms with E-state index in [4.69, 9.17) is 0 Å². The Bertz CT molecular complexity index is 902. The van der Waals surface area contributed by atoms with E-state index in [9.17, 15) is 13.2 Å². The molecule has 1 aliphatic heterocycles. The van der Waals surface area contributed by atoms with E-state index in [1.54, 1.807) is 18.2 Å². The molecule has 2 N–H and O–H groups in total. The lowest BCUT2D eigenvalue weighted by Gasteiger charge is -2.32. The molecule has 0 bridgehead atoms. The number of nitrogens with zero attached hydrogens (tertiary/aromatic N) is 1. The Kier molecular flexibility index (Phi) is 5.70. The number of amides is 1. The fourth-order valence-corrected chi connectivity index (χ4v) is 3.72. The number of rotatable bonds is 5. The van der Waals surface area contributed by atoms with Crippen LogP contribution in [0.3, 0.4) is 0 Å². The predicted octanol–water partition coefficient (Wildman–Crippen LogP) is 3.55. The summed E-state index contributed by atoms with van der Waals surface area (Å²) >= 11 is 0. The lowest BCUT2D eigenvalue weighted by Crippen LogP contribution is -2.32. The van der Waals surface area contributed by atoms with E-state index < -0.39 is 10.0 Å². The Morgan fingerprint density at radius 1 is 1.04 bits per heavy atom. The molecule has 0 aromatic heterocycles. The van der Waals surface area contributed by atoms with Crippen LogP contribution >= 0.6 is 0 Å². The van der Waals surface area contributed by atoms with Crippen LogP contribution in [0, 0.1) is 5.92 Å². The third-order valence-corrected chi connectivity index (χ3v) is 5.31. The van der Waals surface area contributed by atoms with Crippen molar-refractivity contribution in [1.29, 1.82) is 0 Å². The average Bonchev–Trinajstić information content (AvgIpc) is 2.62. The van der Waals surface area contributed by atoms with Crippen LogP contribution in [0.1, 0.15) is 30.1 Å². The van der Waals surface area contributed by atoms with Gasteiger partial charge in [-0.1, -0.05) is 13.0 Å². The number of sulfonamides is 1. The van der Waals surface area contributed by atoms with Gasteiger partial charge >= 0.3 is 0 Å². The molecule has 1 fully saturated rings. The lowest BCUT2D eigenvalue weighted by molar-refractivity contribution is 0.102. The fourth-order valence-electron chi connectivity index (χ4n) is 3.16. The molecule has 2 aromatic carbocycles. The molecule has 1 saturated heterocycles. The molecule has 1 heterocycles. The van der Waals surface area contributed by atoms with E-state index in [1.165, 1.54) is 24.6 Å². The minimum Gasteiger partial charge on any atom is -0.372 e. The molecule has 0 aliphatic carbocycles. The van der Waals surface area contributed by atoms with Gasteiger partial charge in [0, 0.05) is 35.7 Å². The SMILES string of the molecule is CC1CCN(c2ccc(NC(=O)c3cccc(NS(C)(=O)=O)c3)cc2)CC1. The van der Waals surface area contributed by atoms with Crippen molar-refractivity contribution in [3.05, 3.63) is 54.1 Å². The molecule has 6 nitrogen and oxygen atoms in total. The van der Waals surface area contributed by atoms with Crippen LogP contribution in [0.25, 0.3) is 0 Å². The van der Waals surface area contributed by atoms with Crippen LogP contribution in [-0.2, 0) is 10.0 Å². The van der Waals surface area contributed by atoms with Gasteiger partial charge in [0.2, 0.25) is 10.0 Å². The van der Waals surface area contributed by atoms with E-state index in [1.807, 2.05) is 24.3 Å². The summed E-state index contributed by atoms with van der Waals surface area (Å²) < 4.78 is 25.0. The quantitative estimate of drug-likeness (QED) is 0.822. The first-order valence-corrected chi connectivity index (χ1v) is 10.9. The summed E-state index contributed by atoms with van der Waals surface area (Å²) in [6, 6.07) is 14.2. The highest BCUT2D eigenvalue weighted by Gasteiger charge is 2.16. The van der Waals surface area contributed by atoms with Crippen LogP contribution in [0.4, 0.5) is 17.1 Å². The van der Waals surface area contributed by atoms with Gasteiger partial charge in [0.05, 0.1) is 6.26 Å². The largest absolute Gasteiger partial charge is 0.372 e. The second-order valence-electron chi connectivity index (χ2n) is 7.13. The van der Waals surface area contributed by atoms with Crippen LogP contribution in [0.2, 0.25) is 0 Å². The van der Waals surface area contributed by atoms with Crippen molar-refractivity contribution >= 4 is 33.0 Å². The molecule has 7 heteroatoms. The first-order chi connectivity index (χ1) is 12.8. The Hall–Kier alpha value is -2.54. The summed E-state index contributed by atoms with van der Waals surface area (Å²) in [5.41, 5.74) is 2.62. The fraction of sp³-hybridized carbons (Fsp3) is 0.350. The number of hydrogen-bond acceptors (Lipinski definition) is 4. The van der Waals surface area contributed by atoms with E-state index in [-0.39, 0.29) is 5.91 Å². The second-order valence-corrected chi connectivity index (χ2v) is 8.87. The van der Waals surface area contributed by atoms with Crippen LogP contribution in [-0.4, -0.2) is 33.7 Å². The van der Waals surface area contributed by atoms with Gasteiger partial charge in [0.15, 0.2) is 0 Å². The molecule has 1 aliphatic rings. The number of piperidine rings is 1. The summed E-state index contributed by atoms with van der Waals surface area (Å²) in [5.74, 6) is 0.499. The van der Waals surface area contributed by atoms with Gasteiger partial charge in [-0.2, -0.15) is 0 Å². The van der Waals surface area contributed by atoms with Gasteiger partial charge in [-0.15, -0.1) is 0 Å². The topological polar surface area (TPSA) is 78.5 Å². The van der Waals surface area contributed by atoms with E-state index >= 15 is 0 Å². The summed E-state index contributed by atoms with van der Waals surface area (Å²) in [4.78, 5) is 14.8. The van der Waals surface area contributed by atoms with Crippen molar-refractivity contribution in [2.45, 2.75) is 19.8 Å². The van der Waals surface area contributed by atoms with Crippen molar-refractivity contribution in [3.63, 3.8) is 0 Å². The van der Waals surface area contributed by atoms with Crippen molar-refractivity contribution < 1.29 is 13.2 Å². The van der Waals surface area contributed by atoms with Gasteiger partial charge in [-0.25, -0.2) is 8.42 Å². The predicted molar refractivity (Wildman–Crippen MR) is 110 cm³/mol. The highest BCUT2D eigenvalue weighted by atomic mass is 32.2. The first kappa shape index (κ1) is 19.2. The smallest absolute Gasteiger partial charge is 0.255 e. The maximum atomic E-state index is 12.5. The van der Waals surface area contributed by atoms with E-state index in [0.29, 0.717) is 16.9 Å². The van der Waals surface area contributed by atoms with Crippen molar-refractivity contribution in [2.24, 2.45) is 5.92 Å². The van der Waals surface area contributed by atoms with Crippen LogP contribution in [0.5, 0.6) is 0 Å². The number of anilines is 3. The summed E-state index contributed by atoms with van der Waals surface area (Å²) in [6.45, 7) is 4.41. The molecule has 0 unspecified atom stereocenters. The van der Waals surface area contributed by atoms with Gasteiger partial charge in [-0.05, 0) is 61.2 Å². The molecule has 3 rings (SSSR count). The molecule has 1 amide bonds. The Morgan fingerprint density at radius 3 is 2.33 bits per heavy atom. The van der Waals surface area contributed by atoms with Crippen molar-refractivity contribution in [3.8, 4) is 0 Å². The molecule has 0 spiro atoms. The number of carbonyl (C=O) groups is 1. The lowest BCUT2D eigenvalue weighted by atomic mass is 9.99. The van der Waals surface area contributed by atoms with Gasteiger partial charge in [0.25, 0.3) is 5.91 Å². The molecule has 144 valence electrons. The minimum atomic E-state index is -3.38. The number of hydrogen-bond donors (Lipinski definition) is 2. The molecule has 0 radical (unpaired) electrons. The zero-order valence-electron chi connectivity index (χ0n) is 15.6. The molecular weight excluding hydrogens is 362 g/mol. The minimum absolute atomic E-state index is 0.285. The summed E-state index contributed by atoms with van der Waals surface area (Å²) in [5, 5.41) is 2.85. The normalized spacial score (nSPS) is 15.4. The van der Waals surface area contributed by atoms with Crippen LogP contribution in [0.15, 0.2) is 48.5 Å². The standard InChI is InChI=1S/C20H25N3O3S/c1-15-10-12-23(13-11-15)19-8-6-17(7-9-19)21-20(24)16-4-3-5-18(14-16)22-27(2,25)26/h3-9,14-15,22H,10-13H2,1-2H3,(H,21,24). The molecule has 0 saturated carbocycles. The highest BCUT2D eigenvalue weighted by Crippen LogP contribution is 2.24. The summed E-state index contributed by atoms with van der Waals surface area (Å²) in [6.07, 6.45) is 3.48. The number of carbonyl (C=O) groups excluding carboxylic acids is 1. The first-order valence-electron chi connectivity index (χ1n) is 9.04. The monoisotopic (exact) mass is 387 g/mol. The number of benzene rings is 2. The zero-order chi connectivity index (χ0) is 19.4. The summed E-state index contributed by atoms with van der Waals surface area (Å²) in [7, 11) is -3.38. The molecule has 27 heavy (non-hydrogen) atoms. The Morgan fingerprint density at radius 2 is 1.70 bits per heavy atom. The van der Waals surface area contributed by atoms with Crippen molar-refractivity contribution in [2.75, 3.05) is 34.3 Å². The third-order valence-electron chi connectivity index (χ3n) is 4.70. The van der Waals surface area contributed by atoms with Gasteiger partial charge in [0.1, 0.15) is 0 Å². The maximum Gasteiger partial charge on any atom is 0.255 e. The third kappa shape index (κ3) is 5.47.